The summed E-state index contributed by atoms with van der Waals surface area (Å²) in [5.41, 5.74) is 10.3. The molecule has 4 fully saturated rings. The molecule has 0 radical (unpaired) electrons. The minimum atomic E-state index is -3.12. The monoisotopic (exact) mass is 843 g/mol. The van der Waals surface area contributed by atoms with Crippen molar-refractivity contribution in [2.24, 2.45) is 28.8 Å². The Bertz CT molecular complexity index is 1880. The molecule has 2 N–H and O–H groups in total. The molecule has 7 unspecified atom stereocenters. The van der Waals surface area contributed by atoms with Crippen molar-refractivity contribution < 1.29 is 47.9 Å². The Morgan fingerprint density at radius 3 is 1.90 bits per heavy atom. The first kappa shape index (κ1) is 44.4. The van der Waals surface area contributed by atoms with E-state index in [1.165, 1.54) is 0 Å². The zero-order valence-corrected chi connectivity index (χ0v) is 36.7. The molecule has 0 aliphatic carbocycles. The molecule has 2 bridgehead atoms. The number of aliphatic hydroxyl groups excluding tert-OH is 2. The average molecular weight is 844 g/mol. The van der Waals surface area contributed by atoms with Crippen molar-refractivity contribution in [3.63, 3.8) is 0 Å². The molecule has 0 aromatic heterocycles. The van der Waals surface area contributed by atoms with Crippen molar-refractivity contribution in [1.29, 1.82) is 0 Å². The highest BCUT2D eigenvalue weighted by atomic mass is 28.4. The number of aliphatic hydroxyl groups is 2. The van der Waals surface area contributed by atoms with Gasteiger partial charge in [-0.2, -0.15) is 0 Å². The maximum atomic E-state index is 13.5. The van der Waals surface area contributed by atoms with Crippen LogP contribution in [0.5, 0.6) is 0 Å². The van der Waals surface area contributed by atoms with Crippen LogP contribution in [0.25, 0.3) is 10.4 Å². The van der Waals surface area contributed by atoms with E-state index >= 15 is 0 Å². The SMILES string of the molecule is C[C@@H]1C(OC(=O)c2ccccc2)[C@H](O[C@@H]2C(CO[Si](c3ccccc3)(c3ccccc3)C(C)(C)C)O[C@@H](OC3C4CCC(O4)[C@@H](C)[C@H]3C)C(N=[N+]=[N-])[C@H]2C)OC(CO)[C@H]1O. The zero-order chi connectivity index (χ0) is 42.8. The lowest BCUT2D eigenvalue weighted by atomic mass is 9.84. The molecule has 4 aliphatic rings. The van der Waals surface area contributed by atoms with Gasteiger partial charge in [-0.15, -0.1) is 0 Å². The summed E-state index contributed by atoms with van der Waals surface area (Å²) < 4.78 is 47.1. The van der Waals surface area contributed by atoms with Gasteiger partial charge in [-0.1, -0.05) is 132 Å². The molecule has 14 heteroatoms. The summed E-state index contributed by atoms with van der Waals surface area (Å²) in [5.74, 6) is -1.46. The number of esters is 1. The molecular formula is C46H61N3O10Si. The van der Waals surface area contributed by atoms with E-state index in [2.05, 4.69) is 68.9 Å². The van der Waals surface area contributed by atoms with Crippen molar-refractivity contribution >= 4 is 24.7 Å². The molecule has 15 atom stereocenters. The quantitative estimate of drug-likeness (QED) is 0.0670. The summed E-state index contributed by atoms with van der Waals surface area (Å²) in [6.07, 6.45) is -5.65. The van der Waals surface area contributed by atoms with Crippen LogP contribution in [0.4, 0.5) is 0 Å². The summed E-state index contributed by atoms with van der Waals surface area (Å²) >= 11 is 0. The second-order valence-electron chi connectivity index (χ2n) is 18.1. The van der Waals surface area contributed by atoms with Gasteiger partial charge in [-0.3, -0.25) is 0 Å². The third kappa shape index (κ3) is 8.69. The van der Waals surface area contributed by atoms with Crippen LogP contribution < -0.4 is 10.4 Å². The van der Waals surface area contributed by atoms with Gasteiger partial charge >= 0.3 is 5.97 Å². The molecule has 3 aromatic rings. The van der Waals surface area contributed by atoms with Crippen LogP contribution in [0, 0.1) is 23.7 Å². The van der Waals surface area contributed by atoms with E-state index in [4.69, 9.17) is 32.8 Å². The van der Waals surface area contributed by atoms with Crippen molar-refractivity contribution in [1.82, 2.24) is 0 Å². The molecule has 4 heterocycles. The Labute approximate surface area is 354 Å². The summed E-state index contributed by atoms with van der Waals surface area (Å²) in [6.45, 7) is 14.2. The Kier molecular flexibility index (Phi) is 13.9. The molecule has 0 amide bonds. The summed E-state index contributed by atoms with van der Waals surface area (Å²) in [7, 11) is -3.12. The first-order valence-corrected chi connectivity index (χ1v) is 23.3. The van der Waals surface area contributed by atoms with Crippen molar-refractivity contribution in [2.75, 3.05) is 13.2 Å². The van der Waals surface area contributed by atoms with Crippen LogP contribution in [0.15, 0.2) is 96.1 Å². The minimum absolute atomic E-state index is 0.0482. The second-order valence-corrected chi connectivity index (χ2v) is 22.4. The van der Waals surface area contributed by atoms with Crippen LogP contribution in [0.3, 0.4) is 0 Å². The average Bonchev–Trinajstić information content (AvgIpc) is 3.71. The van der Waals surface area contributed by atoms with Gasteiger partial charge in [0, 0.05) is 10.8 Å². The fourth-order valence-electron chi connectivity index (χ4n) is 9.87. The smallest absolute Gasteiger partial charge is 0.338 e. The molecule has 3 aromatic carbocycles. The molecule has 0 saturated carbocycles. The summed E-state index contributed by atoms with van der Waals surface area (Å²) in [5, 5.41) is 27.6. The zero-order valence-electron chi connectivity index (χ0n) is 35.7. The molecule has 7 rings (SSSR count). The molecule has 4 saturated heterocycles. The van der Waals surface area contributed by atoms with Gasteiger partial charge < -0.3 is 43.1 Å². The number of carbonyl (C=O) groups excluding carboxylic acids is 1. The van der Waals surface area contributed by atoms with Gasteiger partial charge in [0.15, 0.2) is 18.7 Å². The first-order valence-electron chi connectivity index (χ1n) is 21.4. The number of rotatable bonds is 13. The summed E-state index contributed by atoms with van der Waals surface area (Å²) in [6, 6.07) is 28.3. The number of ether oxygens (including phenoxy) is 6. The van der Waals surface area contributed by atoms with E-state index in [1.54, 1.807) is 37.3 Å². The Hall–Kier alpha value is -3.66. The predicted molar refractivity (Wildman–Crippen MR) is 227 cm³/mol. The fraction of sp³-hybridized carbons (Fsp3) is 0.587. The number of fused-ring (bicyclic) bond motifs is 2. The van der Waals surface area contributed by atoms with Crippen molar-refractivity contribution in [3.05, 3.63) is 107 Å². The third-order valence-corrected chi connectivity index (χ3v) is 18.5. The molecule has 4 aliphatic heterocycles. The molecule has 13 nitrogen and oxygen atoms in total. The maximum absolute atomic E-state index is 13.5. The van der Waals surface area contributed by atoms with E-state index in [0.29, 0.717) is 5.56 Å². The van der Waals surface area contributed by atoms with E-state index in [1.807, 2.05) is 43.3 Å². The van der Waals surface area contributed by atoms with Gasteiger partial charge in [-0.05, 0) is 63.7 Å². The van der Waals surface area contributed by atoms with E-state index < -0.39 is 81.9 Å². The second kappa shape index (κ2) is 18.8. The number of hydrogen-bond donors (Lipinski definition) is 2. The normalized spacial score (nSPS) is 35.6. The van der Waals surface area contributed by atoms with Gasteiger partial charge in [0.2, 0.25) is 0 Å². The third-order valence-electron chi connectivity index (χ3n) is 13.5. The number of hydrogen-bond acceptors (Lipinski definition) is 11. The first-order chi connectivity index (χ1) is 28.8. The number of nitrogens with zero attached hydrogens (tertiary/aromatic N) is 3. The Morgan fingerprint density at radius 1 is 0.750 bits per heavy atom. The minimum Gasteiger partial charge on any atom is -0.453 e. The largest absolute Gasteiger partial charge is 0.453 e. The summed E-state index contributed by atoms with van der Waals surface area (Å²) in [4.78, 5) is 16.8. The van der Waals surface area contributed by atoms with E-state index in [9.17, 15) is 20.5 Å². The van der Waals surface area contributed by atoms with Gasteiger partial charge in [0.25, 0.3) is 8.32 Å². The highest BCUT2D eigenvalue weighted by Crippen LogP contribution is 2.45. The molecule has 324 valence electrons. The maximum Gasteiger partial charge on any atom is 0.338 e. The highest BCUT2D eigenvalue weighted by Gasteiger charge is 2.56. The fourth-order valence-corrected chi connectivity index (χ4v) is 14.4. The number of benzene rings is 3. The van der Waals surface area contributed by atoms with E-state index in [-0.39, 0.29) is 41.8 Å². The van der Waals surface area contributed by atoms with Crippen LogP contribution in [-0.4, -0.2) is 105 Å². The van der Waals surface area contributed by atoms with Gasteiger partial charge in [0.1, 0.15) is 12.2 Å². The lowest BCUT2D eigenvalue weighted by molar-refractivity contribution is -0.342. The van der Waals surface area contributed by atoms with Gasteiger partial charge in [0.05, 0.1) is 55.3 Å². The molecule has 0 spiro atoms. The Morgan fingerprint density at radius 2 is 1.32 bits per heavy atom. The van der Waals surface area contributed by atoms with Crippen LogP contribution >= 0.6 is 0 Å². The Balaban J connectivity index is 1.28. The standard InChI is InChI=1S/C46H61N3O10Si/c1-27-28(2)40(35-24-23-34(27)54-35)58-44-38(48-49-47)29(3)41(59-45-42(30(4)39(51)36(25-50)55-45)57-43(52)31-17-11-8-12-18-31)37(56-44)26-53-60(46(5,6)7,32-19-13-9-14-20-32)33-21-15-10-16-22-33/h8-22,27-30,34-42,44-45,50-51H,23-26H2,1-7H3/t27-,28+,29+,30-,34?,35?,36?,37?,38?,39-,40?,41-,42?,44-,45-/m0/s1. The van der Waals surface area contributed by atoms with Crippen molar-refractivity contribution in [2.45, 2.75) is 134 Å². The van der Waals surface area contributed by atoms with Crippen molar-refractivity contribution in [3.8, 4) is 0 Å². The van der Waals surface area contributed by atoms with Crippen LogP contribution in [-0.2, 0) is 32.8 Å². The molecule has 60 heavy (non-hydrogen) atoms. The topological polar surface area (TPSA) is 171 Å². The van der Waals surface area contributed by atoms with Gasteiger partial charge in [-0.25, -0.2) is 4.79 Å². The number of azide groups is 1. The predicted octanol–water partition coefficient (Wildman–Crippen LogP) is 6.15. The van der Waals surface area contributed by atoms with Crippen LogP contribution in [0.1, 0.15) is 71.7 Å². The molecular weight excluding hydrogens is 783 g/mol. The lowest BCUT2D eigenvalue weighted by Gasteiger charge is -2.50. The highest BCUT2D eigenvalue weighted by molar-refractivity contribution is 6.99. The van der Waals surface area contributed by atoms with E-state index in [0.717, 1.165) is 23.2 Å². The number of carbonyl (C=O) groups is 1. The lowest BCUT2D eigenvalue weighted by Crippen LogP contribution is -2.68. The van der Waals surface area contributed by atoms with Crippen LogP contribution in [0.2, 0.25) is 5.04 Å².